The normalized spacial score (nSPS) is 27.7. The third-order valence-corrected chi connectivity index (χ3v) is 3.84. The molecule has 3 nitrogen and oxygen atoms in total. The fraction of sp³-hybridized carbons (Fsp3) is 0.636. The van der Waals surface area contributed by atoms with Gasteiger partial charge in [-0.25, -0.2) is 8.78 Å². The zero-order chi connectivity index (χ0) is 12.5. The number of amides is 1. The predicted octanol–water partition coefficient (Wildman–Crippen LogP) is 2.84. The van der Waals surface area contributed by atoms with Gasteiger partial charge in [0.1, 0.15) is 11.2 Å². The molecule has 1 fully saturated rings. The second-order valence-electron chi connectivity index (χ2n) is 4.58. The molecule has 1 aliphatic rings. The molecule has 2 rings (SSSR count). The van der Waals surface area contributed by atoms with E-state index in [0.717, 1.165) is 11.5 Å². The van der Waals surface area contributed by atoms with Crippen LogP contribution < -0.4 is 5.32 Å². The van der Waals surface area contributed by atoms with Gasteiger partial charge >= 0.3 is 0 Å². The number of hydrogen-bond acceptors (Lipinski definition) is 3. The van der Waals surface area contributed by atoms with Crippen molar-refractivity contribution in [2.45, 2.75) is 44.1 Å². The van der Waals surface area contributed by atoms with E-state index in [1.165, 1.54) is 13.0 Å². The van der Waals surface area contributed by atoms with E-state index in [-0.39, 0.29) is 12.1 Å². The maximum absolute atomic E-state index is 13.8. The average molecular weight is 260 g/mol. The summed E-state index contributed by atoms with van der Waals surface area (Å²) >= 11 is 1.13. The highest BCUT2D eigenvalue weighted by Crippen LogP contribution is 2.41. The van der Waals surface area contributed by atoms with Crippen molar-refractivity contribution in [3.63, 3.8) is 0 Å². The van der Waals surface area contributed by atoms with E-state index in [2.05, 4.69) is 9.69 Å². The van der Waals surface area contributed by atoms with Gasteiger partial charge in [-0.1, -0.05) is 6.42 Å². The van der Waals surface area contributed by atoms with Crippen molar-refractivity contribution in [2.24, 2.45) is 0 Å². The molecular formula is C11H14F2N2OS. The van der Waals surface area contributed by atoms with Gasteiger partial charge < -0.3 is 5.32 Å². The van der Waals surface area contributed by atoms with Gasteiger partial charge in [0.05, 0.1) is 0 Å². The van der Waals surface area contributed by atoms with E-state index >= 15 is 0 Å². The third-order valence-electron chi connectivity index (χ3n) is 3.28. The van der Waals surface area contributed by atoms with Gasteiger partial charge in [0, 0.05) is 11.8 Å². The molecule has 1 aliphatic carbocycles. The molecule has 1 N–H and O–H groups in total. The van der Waals surface area contributed by atoms with E-state index in [4.69, 9.17) is 0 Å². The number of carbonyl (C=O) groups excluding carboxylic acids is 1. The molecule has 1 saturated carbocycles. The summed E-state index contributed by atoms with van der Waals surface area (Å²) in [4.78, 5) is 11.8. The molecule has 1 atom stereocenters. The standard InChI is InChI=1S/C11H14F2N2OS/c1-10(5-2-3-6-11(10,12)13)14-9(16)8-4-7-17-15-8/h4,7H,2-3,5-6H2,1H3,(H,14,16). The molecule has 94 valence electrons. The van der Waals surface area contributed by atoms with E-state index in [1.807, 2.05) is 0 Å². The van der Waals surface area contributed by atoms with Crippen LogP contribution in [0.5, 0.6) is 0 Å². The Bertz CT molecular complexity index is 408. The first kappa shape index (κ1) is 12.4. The molecule has 0 radical (unpaired) electrons. The van der Waals surface area contributed by atoms with E-state index < -0.39 is 17.4 Å². The molecule has 0 saturated heterocycles. The van der Waals surface area contributed by atoms with Gasteiger partial charge in [-0.05, 0) is 37.4 Å². The molecular weight excluding hydrogens is 246 g/mol. The van der Waals surface area contributed by atoms with Crippen LogP contribution in [0.4, 0.5) is 8.78 Å². The lowest BCUT2D eigenvalue weighted by Gasteiger charge is -2.41. The summed E-state index contributed by atoms with van der Waals surface area (Å²) in [6.07, 6.45) is 1.36. The van der Waals surface area contributed by atoms with Gasteiger partial charge in [0.25, 0.3) is 11.8 Å². The minimum Gasteiger partial charge on any atom is -0.339 e. The first-order chi connectivity index (χ1) is 7.95. The quantitative estimate of drug-likeness (QED) is 0.888. The number of alkyl halides is 2. The number of aromatic nitrogens is 1. The summed E-state index contributed by atoms with van der Waals surface area (Å²) in [6, 6.07) is 1.53. The minimum atomic E-state index is -2.85. The SMILES string of the molecule is CC1(NC(=O)c2ccsn2)CCCCC1(F)F. The first-order valence-corrected chi connectivity index (χ1v) is 6.39. The van der Waals surface area contributed by atoms with Crippen LogP contribution in [0, 0.1) is 0 Å². The van der Waals surface area contributed by atoms with Crippen LogP contribution in [0.3, 0.4) is 0 Å². The third kappa shape index (κ3) is 2.31. The topological polar surface area (TPSA) is 42.0 Å². The summed E-state index contributed by atoms with van der Waals surface area (Å²) in [5, 5.41) is 4.09. The highest BCUT2D eigenvalue weighted by Gasteiger charge is 2.52. The van der Waals surface area contributed by atoms with Crippen LogP contribution in [0.15, 0.2) is 11.4 Å². The molecule has 6 heteroatoms. The predicted molar refractivity (Wildman–Crippen MR) is 61.4 cm³/mol. The van der Waals surface area contributed by atoms with Crippen LogP contribution in [-0.4, -0.2) is 21.7 Å². The summed E-state index contributed by atoms with van der Waals surface area (Å²) in [5.74, 6) is -3.37. The Hall–Kier alpha value is -1.04. The van der Waals surface area contributed by atoms with Gasteiger partial charge in [-0.15, -0.1) is 0 Å². The molecule has 17 heavy (non-hydrogen) atoms. The Labute approximate surface area is 102 Å². The van der Waals surface area contributed by atoms with Crippen LogP contribution in [0.2, 0.25) is 0 Å². The van der Waals surface area contributed by atoms with Crippen LogP contribution in [0.1, 0.15) is 43.1 Å². The fourth-order valence-electron chi connectivity index (χ4n) is 2.08. The number of nitrogens with zero attached hydrogens (tertiary/aromatic N) is 1. The van der Waals surface area contributed by atoms with E-state index in [0.29, 0.717) is 19.3 Å². The highest BCUT2D eigenvalue weighted by molar-refractivity contribution is 7.03. The molecule has 0 aliphatic heterocycles. The monoisotopic (exact) mass is 260 g/mol. The largest absolute Gasteiger partial charge is 0.339 e. The van der Waals surface area contributed by atoms with Gasteiger partial charge in [-0.3, -0.25) is 4.79 Å². The Morgan fingerprint density at radius 3 is 2.76 bits per heavy atom. The van der Waals surface area contributed by atoms with Crippen LogP contribution in [0.25, 0.3) is 0 Å². The zero-order valence-electron chi connectivity index (χ0n) is 9.50. The molecule has 1 aromatic heterocycles. The molecule has 1 aromatic rings. The highest BCUT2D eigenvalue weighted by atomic mass is 32.1. The number of nitrogens with one attached hydrogen (secondary N) is 1. The minimum absolute atomic E-state index is 0.166. The summed E-state index contributed by atoms with van der Waals surface area (Å²) in [6.45, 7) is 1.41. The maximum Gasteiger partial charge on any atom is 0.271 e. The lowest BCUT2D eigenvalue weighted by Crippen LogP contribution is -2.59. The maximum atomic E-state index is 13.8. The van der Waals surface area contributed by atoms with Gasteiger partial charge in [0.2, 0.25) is 0 Å². The average Bonchev–Trinajstić information content (AvgIpc) is 2.76. The molecule has 0 aromatic carbocycles. The number of halogens is 2. The smallest absolute Gasteiger partial charge is 0.271 e. The van der Waals surface area contributed by atoms with Crippen LogP contribution >= 0.6 is 11.5 Å². The lowest BCUT2D eigenvalue weighted by atomic mass is 9.79. The van der Waals surface area contributed by atoms with Crippen molar-refractivity contribution in [3.8, 4) is 0 Å². The molecule has 0 spiro atoms. The second kappa shape index (κ2) is 4.33. The van der Waals surface area contributed by atoms with E-state index in [9.17, 15) is 13.6 Å². The van der Waals surface area contributed by atoms with Gasteiger partial charge in [0.15, 0.2) is 0 Å². The van der Waals surface area contributed by atoms with Crippen molar-refractivity contribution in [1.82, 2.24) is 9.69 Å². The fourth-order valence-corrected chi connectivity index (χ4v) is 2.59. The van der Waals surface area contributed by atoms with E-state index in [1.54, 1.807) is 5.38 Å². The van der Waals surface area contributed by atoms with Gasteiger partial charge in [-0.2, -0.15) is 4.37 Å². The summed E-state index contributed by atoms with van der Waals surface area (Å²) in [7, 11) is 0. The van der Waals surface area contributed by atoms with Crippen molar-refractivity contribution in [1.29, 1.82) is 0 Å². The van der Waals surface area contributed by atoms with Crippen molar-refractivity contribution in [3.05, 3.63) is 17.1 Å². The Morgan fingerprint density at radius 1 is 1.47 bits per heavy atom. The summed E-state index contributed by atoms with van der Waals surface area (Å²) in [5.41, 5.74) is -1.25. The molecule has 1 unspecified atom stereocenters. The van der Waals surface area contributed by atoms with Crippen molar-refractivity contribution in [2.75, 3.05) is 0 Å². The molecule has 0 bridgehead atoms. The Kier molecular flexibility index (Phi) is 3.16. The second-order valence-corrected chi connectivity index (χ2v) is 5.25. The molecule has 1 heterocycles. The molecule has 1 amide bonds. The zero-order valence-corrected chi connectivity index (χ0v) is 10.3. The number of carbonyl (C=O) groups is 1. The number of hydrogen-bond donors (Lipinski definition) is 1. The first-order valence-electron chi connectivity index (χ1n) is 5.55. The van der Waals surface area contributed by atoms with Crippen molar-refractivity contribution >= 4 is 17.4 Å². The number of rotatable bonds is 2. The Morgan fingerprint density at radius 2 is 2.18 bits per heavy atom. The van der Waals surface area contributed by atoms with Crippen molar-refractivity contribution < 1.29 is 13.6 Å². The Balaban J connectivity index is 2.13. The summed E-state index contributed by atoms with van der Waals surface area (Å²) < 4.78 is 31.5. The van der Waals surface area contributed by atoms with Crippen LogP contribution in [-0.2, 0) is 0 Å². The lowest BCUT2D eigenvalue weighted by molar-refractivity contribution is -0.106.